The van der Waals surface area contributed by atoms with Gasteiger partial charge in [0.25, 0.3) is 0 Å². The van der Waals surface area contributed by atoms with E-state index in [1.54, 1.807) is 25.7 Å². The summed E-state index contributed by atoms with van der Waals surface area (Å²) in [4.78, 5) is 0. The highest BCUT2D eigenvalue weighted by Crippen LogP contribution is 2.64. The molecule has 0 radical (unpaired) electrons. The molecule has 0 N–H and O–H groups in total. The fourth-order valence-corrected chi connectivity index (χ4v) is 9.76. The topological polar surface area (TPSA) is 0 Å². The standard InChI is InChI=1S/C26H48N2.2BrH/c1-25-14-12-21(28(5)17-6-7-18-28)19-20(25)10-11-22-23(25)13-15-26(2)24(22)9-8-16-27(26,3)4;;/h20-24H,6-19H2,1-5H3;2*1H/q+2;;/p-2/t20-,21-,22+,23-,24-,25-,26-;;/m0../s1. The Kier molecular flexibility index (Phi) is 7.30. The molecule has 0 unspecified atom stereocenters. The molecule has 0 spiro atoms. The third kappa shape index (κ3) is 3.61. The molecule has 5 fully saturated rings. The molecular formula is C26H48Br2N2. The lowest BCUT2D eigenvalue weighted by Crippen LogP contribution is -3.00. The maximum Gasteiger partial charge on any atom is 0.0991 e. The quantitative estimate of drug-likeness (QED) is 0.387. The van der Waals surface area contributed by atoms with Crippen molar-refractivity contribution in [2.24, 2.45) is 29.1 Å². The monoisotopic (exact) mass is 546 g/mol. The average molecular weight is 548 g/mol. The molecule has 0 aromatic rings. The van der Waals surface area contributed by atoms with Crippen molar-refractivity contribution in [2.45, 2.75) is 96.1 Å². The van der Waals surface area contributed by atoms with E-state index in [9.17, 15) is 0 Å². The fourth-order valence-electron chi connectivity index (χ4n) is 9.76. The largest absolute Gasteiger partial charge is 1.00 e. The number of fused-ring (bicyclic) bond motifs is 5. The van der Waals surface area contributed by atoms with Crippen LogP contribution in [0.25, 0.3) is 0 Å². The van der Waals surface area contributed by atoms with Crippen molar-refractivity contribution >= 4 is 0 Å². The number of nitrogens with zero attached hydrogens (tertiary/aromatic N) is 2. The summed E-state index contributed by atoms with van der Waals surface area (Å²) in [6, 6.07) is 0.983. The van der Waals surface area contributed by atoms with E-state index in [-0.39, 0.29) is 34.0 Å². The smallest absolute Gasteiger partial charge is 0.0991 e. The Labute approximate surface area is 208 Å². The Balaban J connectivity index is 0.00000128. The van der Waals surface area contributed by atoms with Gasteiger partial charge in [0.2, 0.25) is 0 Å². The van der Waals surface area contributed by atoms with Crippen LogP contribution in [0.1, 0.15) is 84.5 Å². The summed E-state index contributed by atoms with van der Waals surface area (Å²) in [5.74, 6) is 4.09. The van der Waals surface area contributed by atoms with Gasteiger partial charge in [-0.05, 0) is 75.0 Å². The van der Waals surface area contributed by atoms with Gasteiger partial charge in [-0.3, -0.25) is 0 Å². The zero-order valence-electron chi connectivity index (χ0n) is 20.4. The summed E-state index contributed by atoms with van der Waals surface area (Å²) in [5, 5.41) is 0. The van der Waals surface area contributed by atoms with Gasteiger partial charge in [-0.15, -0.1) is 0 Å². The number of piperidine rings is 1. The average Bonchev–Trinajstić information content (AvgIpc) is 3.09. The Morgan fingerprint density at radius 3 is 2.10 bits per heavy atom. The summed E-state index contributed by atoms with van der Waals surface area (Å²) in [5.41, 5.74) is 1.21. The lowest BCUT2D eigenvalue weighted by atomic mass is 9.44. The van der Waals surface area contributed by atoms with Crippen molar-refractivity contribution in [3.05, 3.63) is 0 Å². The molecule has 2 nitrogen and oxygen atoms in total. The van der Waals surface area contributed by atoms with Gasteiger partial charge in [-0.1, -0.05) is 6.92 Å². The molecule has 2 heterocycles. The van der Waals surface area contributed by atoms with Crippen LogP contribution in [0.3, 0.4) is 0 Å². The fraction of sp³-hybridized carbons (Fsp3) is 1.00. The molecule has 5 rings (SSSR count). The van der Waals surface area contributed by atoms with Crippen molar-refractivity contribution in [1.29, 1.82) is 0 Å². The van der Waals surface area contributed by atoms with E-state index in [1.807, 2.05) is 0 Å². The maximum absolute atomic E-state index is 2.76. The molecule has 0 aromatic carbocycles. The lowest BCUT2D eigenvalue weighted by molar-refractivity contribution is -0.952. The first-order valence-corrected chi connectivity index (χ1v) is 12.9. The first-order valence-electron chi connectivity index (χ1n) is 12.9. The zero-order chi connectivity index (χ0) is 19.8. The van der Waals surface area contributed by atoms with Crippen LogP contribution in [0.2, 0.25) is 0 Å². The number of hydrogen-bond donors (Lipinski definition) is 0. The number of halogens is 2. The summed E-state index contributed by atoms with van der Waals surface area (Å²) < 4.78 is 2.71. The Morgan fingerprint density at radius 1 is 0.700 bits per heavy atom. The van der Waals surface area contributed by atoms with Gasteiger partial charge >= 0.3 is 0 Å². The normalized spacial score (nSPS) is 48.9. The third-order valence-corrected chi connectivity index (χ3v) is 12.1. The predicted octanol–water partition coefficient (Wildman–Crippen LogP) is -0.525. The van der Waals surface area contributed by atoms with Crippen molar-refractivity contribution in [3.8, 4) is 0 Å². The van der Waals surface area contributed by atoms with Crippen LogP contribution in [-0.2, 0) is 0 Å². The van der Waals surface area contributed by atoms with Gasteiger partial charge < -0.3 is 42.9 Å². The molecule has 5 aliphatic rings. The van der Waals surface area contributed by atoms with Crippen LogP contribution in [-0.4, -0.2) is 61.3 Å². The van der Waals surface area contributed by atoms with Crippen molar-refractivity contribution in [1.82, 2.24) is 0 Å². The molecule has 0 aromatic heterocycles. The van der Waals surface area contributed by atoms with Gasteiger partial charge in [0, 0.05) is 31.6 Å². The molecular weight excluding hydrogens is 500 g/mol. The van der Waals surface area contributed by atoms with E-state index in [0.29, 0.717) is 11.0 Å². The van der Waals surface area contributed by atoms with Gasteiger partial charge in [0.15, 0.2) is 0 Å². The molecule has 0 amide bonds. The van der Waals surface area contributed by atoms with Crippen LogP contribution in [0.15, 0.2) is 0 Å². The summed E-state index contributed by atoms with van der Waals surface area (Å²) in [6.07, 6.45) is 16.7. The maximum atomic E-state index is 2.76. The summed E-state index contributed by atoms with van der Waals surface area (Å²) >= 11 is 0. The minimum Gasteiger partial charge on any atom is -1.00 e. The zero-order valence-corrected chi connectivity index (χ0v) is 23.6. The van der Waals surface area contributed by atoms with Crippen LogP contribution in [0.5, 0.6) is 0 Å². The van der Waals surface area contributed by atoms with Gasteiger partial charge in [-0.25, -0.2) is 0 Å². The summed E-state index contributed by atoms with van der Waals surface area (Å²) in [6.45, 7) is 9.78. The van der Waals surface area contributed by atoms with Gasteiger partial charge in [0.05, 0.1) is 52.4 Å². The first kappa shape index (κ1) is 25.5. The highest BCUT2D eigenvalue weighted by Gasteiger charge is 2.62. The highest BCUT2D eigenvalue weighted by atomic mass is 79.9. The highest BCUT2D eigenvalue weighted by molar-refractivity contribution is 5.07. The van der Waals surface area contributed by atoms with Crippen molar-refractivity contribution in [3.63, 3.8) is 0 Å². The molecule has 30 heavy (non-hydrogen) atoms. The Bertz CT molecular complexity index is 616. The first-order chi connectivity index (χ1) is 13.2. The molecule has 2 aliphatic heterocycles. The SMILES string of the molecule is C[C@]12CC[C@H]([N+]3(C)CCCC3)C[C@@H]1CC[C@@H]1[C@@H]2CC[C@@]2(C)[C@H]1CCC[N+]2(C)C.[Br-].[Br-]. The lowest BCUT2D eigenvalue weighted by Gasteiger charge is -2.65. The number of hydrogen-bond acceptors (Lipinski definition) is 0. The van der Waals surface area contributed by atoms with Crippen molar-refractivity contribution in [2.75, 3.05) is 40.8 Å². The molecule has 2 saturated heterocycles. The molecule has 3 saturated carbocycles. The predicted molar refractivity (Wildman–Crippen MR) is 118 cm³/mol. The minimum atomic E-state index is 0. The van der Waals surface area contributed by atoms with Crippen molar-refractivity contribution < 1.29 is 42.9 Å². The van der Waals surface area contributed by atoms with E-state index in [1.165, 1.54) is 73.5 Å². The van der Waals surface area contributed by atoms with Crippen LogP contribution < -0.4 is 34.0 Å². The number of rotatable bonds is 1. The van der Waals surface area contributed by atoms with Crippen LogP contribution in [0.4, 0.5) is 0 Å². The van der Waals surface area contributed by atoms with Crippen LogP contribution in [0, 0.1) is 29.1 Å². The number of likely N-dealkylation sites (tertiary alicyclic amines) is 2. The molecule has 3 aliphatic carbocycles. The van der Waals surface area contributed by atoms with E-state index >= 15 is 0 Å². The van der Waals surface area contributed by atoms with E-state index in [4.69, 9.17) is 0 Å². The van der Waals surface area contributed by atoms with E-state index in [0.717, 1.165) is 29.7 Å². The minimum absolute atomic E-state index is 0. The van der Waals surface area contributed by atoms with Gasteiger partial charge in [-0.2, -0.15) is 0 Å². The third-order valence-electron chi connectivity index (χ3n) is 12.1. The van der Waals surface area contributed by atoms with Gasteiger partial charge in [0.1, 0.15) is 0 Å². The van der Waals surface area contributed by atoms with E-state index < -0.39 is 0 Å². The molecule has 7 atom stereocenters. The van der Waals surface area contributed by atoms with E-state index in [2.05, 4.69) is 35.0 Å². The molecule has 0 bridgehead atoms. The second-order valence-electron chi connectivity index (χ2n) is 13.2. The second-order valence-corrected chi connectivity index (χ2v) is 13.2. The molecule has 4 heteroatoms. The Hall–Kier alpha value is 0.880. The second kappa shape index (κ2) is 8.58. The van der Waals surface area contributed by atoms with Crippen LogP contribution >= 0.6 is 0 Å². The Morgan fingerprint density at radius 2 is 1.40 bits per heavy atom. The number of quaternary nitrogens is 2. The summed E-state index contributed by atoms with van der Waals surface area (Å²) in [7, 11) is 7.69. The molecule has 176 valence electrons.